The lowest BCUT2D eigenvalue weighted by atomic mass is 10.1. The first-order chi connectivity index (χ1) is 23.4. The molecule has 0 saturated carbocycles. The van der Waals surface area contributed by atoms with Crippen molar-refractivity contribution in [3.63, 3.8) is 0 Å². The predicted molar refractivity (Wildman–Crippen MR) is 191 cm³/mol. The first-order valence-electron chi connectivity index (χ1n) is 19.6. The van der Waals surface area contributed by atoms with E-state index in [1.165, 1.54) is 110 Å². The summed E-state index contributed by atoms with van der Waals surface area (Å²) in [6.45, 7) is 4.60. The number of hydrogen-bond acceptors (Lipinski definition) is 9. The van der Waals surface area contributed by atoms with E-state index in [0.717, 1.165) is 38.5 Å². The number of carbonyl (C=O) groups is 4. The molecule has 0 amide bonds. The first-order valence-corrected chi connectivity index (χ1v) is 19.6. The molecule has 0 spiro atoms. The Morgan fingerprint density at radius 3 is 1.12 bits per heavy atom. The van der Waals surface area contributed by atoms with Gasteiger partial charge in [-0.1, -0.05) is 142 Å². The highest BCUT2D eigenvalue weighted by molar-refractivity contribution is 5.73. The van der Waals surface area contributed by atoms with Crippen LogP contribution in [0.1, 0.15) is 187 Å². The van der Waals surface area contributed by atoms with E-state index in [4.69, 9.17) is 23.7 Å². The summed E-state index contributed by atoms with van der Waals surface area (Å²) in [6, 6.07) is 0. The predicted octanol–water partition coefficient (Wildman–Crippen LogP) is 9.75. The van der Waals surface area contributed by atoms with Crippen LogP contribution in [0.4, 0.5) is 0 Å². The molecule has 0 aliphatic carbocycles. The minimum Gasteiger partial charge on any atom is -0.463 e. The van der Waals surface area contributed by atoms with Crippen LogP contribution in [0.3, 0.4) is 0 Å². The van der Waals surface area contributed by atoms with Gasteiger partial charge in [-0.25, -0.2) is 0 Å². The van der Waals surface area contributed by atoms with Crippen LogP contribution < -0.4 is 0 Å². The molecule has 0 N–H and O–H groups in total. The Kier molecular flexibility index (Phi) is 34.5. The largest absolute Gasteiger partial charge is 0.463 e. The summed E-state index contributed by atoms with van der Waals surface area (Å²) >= 11 is 0. The van der Waals surface area contributed by atoms with Crippen molar-refractivity contribution in [3.05, 3.63) is 0 Å². The van der Waals surface area contributed by atoms with Gasteiger partial charge in [-0.05, 0) is 19.3 Å². The van der Waals surface area contributed by atoms with E-state index >= 15 is 0 Å². The molecule has 0 heterocycles. The molecule has 9 heteroatoms. The van der Waals surface area contributed by atoms with Crippen molar-refractivity contribution in [2.75, 3.05) is 33.5 Å². The molecular formula is C39H72O9. The monoisotopic (exact) mass is 685 g/mol. The summed E-state index contributed by atoms with van der Waals surface area (Å²) in [5.41, 5.74) is 0. The molecule has 0 aromatic rings. The van der Waals surface area contributed by atoms with Gasteiger partial charge < -0.3 is 23.7 Å². The fourth-order valence-corrected chi connectivity index (χ4v) is 5.43. The molecule has 48 heavy (non-hydrogen) atoms. The number of unbranched alkanes of at least 4 members (excludes halogenated alkanes) is 20. The van der Waals surface area contributed by atoms with Crippen LogP contribution in [0.5, 0.6) is 0 Å². The molecule has 0 radical (unpaired) electrons. The topological polar surface area (TPSA) is 114 Å². The van der Waals surface area contributed by atoms with Gasteiger partial charge in [-0.2, -0.15) is 0 Å². The van der Waals surface area contributed by atoms with Crippen molar-refractivity contribution in [2.45, 2.75) is 193 Å². The second kappa shape index (κ2) is 36.1. The van der Waals surface area contributed by atoms with Gasteiger partial charge in [-0.15, -0.1) is 0 Å². The van der Waals surface area contributed by atoms with Gasteiger partial charge in [0.05, 0.1) is 6.61 Å². The molecule has 282 valence electrons. The third-order valence-corrected chi connectivity index (χ3v) is 8.44. The molecule has 0 bridgehead atoms. The lowest BCUT2D eigenvalue weighted by Gasteiger charge is -2.18. The number of hydrogen-bond donors (Lipinski definition) is 0. The third-order valence-electron chi connectivity index (χ3n) is 8.44. The minimum absolute atomic E-state index is 0.0252. The summed E-state index contributed by atoms with van der Waals surface area (Å²) in [4.78, 5) is 49.0. The fraction of sp³-hybridized carbons (Fsp3) is 0.897. The minimum atomic E-state index is -0.866. The summed E-state index contributed by atoms with van der Waals surface area (Å²) < 4.78 is 26.2. The molecule has 0 aliphatic rings. The second-order valence-corrected chi connectivity index (χ2v) is 13.1. The fourth-order valence-electron chi connectivity index (χ4n) is 5.43. The van der Waals surface area contributed by atoms with E-state index in [2.05, 4.69) is 13.8 Å². The van der Waals surface area contributed by atoms with E-state index < -0.39 is 18.0 Å². The average Bonchev–Trinajstić information content (AvgIpc) is 3.07. The highest BCUT2D eigenvalue weighted by Gasteiger charge is 2.20. The molecule has 1 unspecified atom stereocenters. The molecule has 1 atom stereocenters. The molecule has 0 saturated heterocycles. The van der Waals surface area contributed by atoms with Crippen LogP contribution >= 0.6 is 0 Å². The molecule has 0 fully saturated rings. The van der Waals surface area contributed by atoms with Crippen LogP contribution in [0.25, 0.3) is 0 Å². The van der Waals surface area contributed by atoms with Gasteiger partial charge in [0.1, 0.15) is 19.8 Å². The number of ether oxygens (including phenoxy) is 5. The van der Waals surface area contributed by atoms with Crippen molar-refractivity contribution in [3.8, 4) is 0 Å². The van der Waals surface area contributed by atoms with Crippen LogP contribution in [0.2, 0.25) is 0 Å². The molecule has 9 nitrogen and oxygen atoms in total. The van der Waals surface area contributed by atoms with E-state index in [9.17, 15) is 19.2 Å². The molecule has 0 aromatic carbocycles. The summed E-state index contributed by atoms with van der Waals surface area (Å²) in [6.07, 6.45) is 26.4. The van der Waals surface area contributed by atoms with Crippen molar-refractivity contribution in [2.24, 2.45) is 0 Å². The van der Waals surface area contributed by atoms with Gasteiger partial charge >= 0.3 is 23.9 Å². The van der Waals surface area contributed by atoms with Crippen LogP contribution in [-0.2, 0) is 42.9 Å². The van der Waals surface area contributed by atoms with E-state index in [-0.39, 0.29) is 57.4 Å². The quantitative estimate of drug-likeness (QED) is 0.0361. The van der Waals surface area contributed by atoms with Gasteiger partial charge in [0, 0.05) is 32.8 Å². The SMILES string of the molecule is CCCCCCCCCCCCCC(=O)OCC(COC(=O)CCCC(=O)OCCOC)OC(=O)CCCCCCCCCCCCC. The summed E-state index contributed by atoms with van der Waals surface area (Å²) in [5.74, 6) is -1.64. The van der Waals surface area contributed by atoms with Crippen LogP contribution in [0, 0.1) is 0 Å². The number of esters is 4. The second-order valence-electron chi connectivity index (χ2n) is 13.1. The lowest BCUT2D eigenvalue weighted by molar-refractivity contribution is -0.167. The first kappa shape index (κ1) is 45.8. The highest BCUT2D eigenvalue weighted by atomic mass is 16.6. The maximum Gasteiger partial charge on any atom is 0.306 e. The number of methoxy groups -OCH3 is 1. The van der Waals surface area contributed by atoms with Crippen molar-refractivity contribution >= 4 is 23.9 Å². The Hall–Kier alpha value is -2.16. The Balaban J connectivity index is 4.39. The standard InChI is InChI=1S/C39H72O9/c1-4-6-8-10-12-14-16-18-20-22-24-27-37(41)46-33-35(34-47-38(42)30-26-29-36(40)45-32-31-44-3)48-39(43)28-25-23-21-19-17-15-13-11-9-7-5-2/h35H,4-34H2,1-3H3. The van der Waals surface area contributed by atoms with Gasteiger partial charge in [0.15, 0.2) is 6.10 Å². The number of carbonyl (C=O) groups excluding carboxylic acids is 4. The van der Waals surface area contributed by atoms with E-state index in [1.54, 1.807) is 0 Å². The van der Waals surface area contributed by atoms with E-state index in [0.29, 0.717) is 13.0 Å². The molecule has 0 aromatic heterocycles. The van der Waals surface area contributed by atoms with Crippen molar-refractivity contribution < 1.29 is 42.9 Å². The smallest absolute Gasteiger partial charge is 0.306 e. The average molecular weight is 685 g/mol. The summed E-state index contributed by atoms with van der Waals surface area (Å²) in [5, 5.41) is 0. The Morgan fingerprint density at radius 2 is 0.729 bits per heavy atom. The molecule has 0 rings (SSSR count). The lowest BCUT2D eigenvalue weighted by Crippen LogP contribution is -2.31. The molecule has 0 aliphatic heterocycles. The highest BCUT2D eigenvalue weighted by Crippen LogP contribution is 2.14. The molecular weight excluding hydrogens is 612 g/mol. The Bertz CT molecular complexity index is 771. The third kappa shape index (κ3) is 33.7. The zero-order valence-corrected chi connectivity index (χ0v) is 31.2. The Labute approximate surface area is 293 Å². The van der Waals surface area contributed by atoms with Gasteiger partial charge in [0.25, 0.3) is 0 Å². The van der Waals surface area contributed by atoms with Crippen molar-refractivity contribution in [1.82, 2.24) is 0 Å². The normalized spacial score (nSPS) is 11.6. The maximum absolute atomic E-state index is 12.6. The van der Waals surface area contributed by atoms with Gasteiger partial charge in [-0.3, -0.25) is 19.2 Å². The zero-order chi connectivity index (χ0) is 35.3. The maximum atomic E-state index is 12.6. The van der Waals surface area contributed by atoms with Crippen LogP contribution in [-0.4, -0.2) is 63.5 Å². The zero-order valence-electron chi connectivity index (χ0n) is 31.2. The van der Waals surface area contributed by atoms with Crippen LogP contribution in [0.15, 0.2) is 0 Å². The Morgan fingerprint density at radius 1 is 0.396 bits per heavy atom. The van der Waals surface area contributed by atoms with Crippen molar-refractivity contribution in [1.29, 1.82) is 0 Å². The number of rotatable bonds is 36. The van der Waals surface area contributed by atoms with Gasteiger partial charge in [0.2, 0.25) is 0 Å². The summed E-state index contributed by atoms with van der Waals surface area (Å²) in [7, 11) is 1.52. The van der Waals surface area contributed by atoms with E-state index in [1.807, 2.05) is 0 Å².